The summed E-state index contributed by atoms with van der Waals surface area (Å²) in [5.74, 6) is 0.795. The molecule has 0 radical (unpaired) electrons. The number of nitrogens with zero attached hydrogens (tertiary/aromatic N) is 1. The molecule has 1 N–H and O–H groups in total. The SMILES string of the molecule is Cc1ccc(OCC(O)CN(Cc2ccccc2)CC2CCCO2)cc1. The van der Waals surface area contributed by atoms with E-state index in [0.717, 1.165) is 38.3 Å². The van der Waals surface area contributed by atoms with Gasteiger partial charge in [0.2, 0.25) is 0 Å². The molecule has 140 valence electrons. The third kappa shape index (κ3) is 6.13. The lowest BCUT2D eigenvalue weighted by molar-refractivity contribution is 0.0313. The van der Waals surface area contributed by atoms with Gasteiger partial charge in [0.25, 0.3) is 0 Å². The van der Waals surface area contributed by atoms with Gasteiger partial charge >= 0.3 is 0 Å². The Labute approximate surface area is 156 Å². The Morgan fingerprint density at radius 3 is 2.62 bits per heavy atom. The lowest BCUT2D eigenvalue weighted by Crippen LogP contribution is -2.39. The maximum Gasteiger partial charge on any atom is 0.119 e. The van der Waals surface area contributed by atoms with Crippen LogP contribution in [0.1, 0.15) is 24.0 Å². The van der Waals surface area contributed by atoms with Crippen LogP contribution in [0.3, 0.4) is 0 Å². The molecule has 4 nitrogen and oxygen atoms in total. The number of aliphatic hydroxyl groups is 1. The number of hydrogen-bond acceptors (Lipinski definition) is 4. The molecule has 1 fully saturated rings. The van der Waals surface area contributed by atoms with Gasteiger partial charge in [-0.15, -0.1) is 0 Å². The molecule has 1 aliphatic rings. The van der Waals surface area contributed by atoms with Crippen molar-refractivity contribution in [3.63, 3.8) is 0 Å². The minimum absolute atomic E-state index is 0.268. The van der Waals surface area contributed by atoms with Gasteiger partial charge in [-0.2, -0.15) is 0 Å². The van der Waals surface area contributed by atoms with Gasteiger partial charge in [-0.1, -0.05) is 48.0 Å². The Morgan fingerprint density at radius 1 is 1.15 bits per heavy atom. The van der Waals surface area contributed by atoms with Gasteiger partial charge in [0, 0.05) is 26.2 Å². The molecule has 4 heteroatoms. The molecule has 0 amide bonds. The van der Waals surface area contributed by atoms with Crippen LogP contribution in [0.4, 0.5) is 0 Å². The van der Waals surface area contributed by atoms with E-state index in [1.54, 1.807) is 0 Å². The summed E-state index contributed by atoms with van der Waals surface area (Å²) >= 11 is 0. The Kier molecular flexibility index (Phi) is 7.06. The fourth-order valence-electron chi connectivity index (χ4n) is 3.30. The number of aliphatic hydroxyl groups excluding tert-OH is 1. The van der Waals surface area contributed by atoms with Gasteiger partial charge in [-0.25, -0.2) is 0 Å². The van der Waals surface area contributed by atoms with E-state index in [1.807, 2.05) is 37.3 Å². The molecule has 2 aromatic rings. The van der Waals surface area contributed by atoms with Crippen LogP contribution >= 0.6 is 0 Å². The van der Waals surface area contributed by atoms with Crippen molar-refractivity contribution in [2.45, 2.75) is 38.5 Å². The summed E-state index contributed by atoms with van der Waals surface area (Å²) < 4.78 is 11.5. The zero-order valence-electron chi connectivity index (χ0n) is 15.5. The summed E-state index contributed by atoms with van der Waals surface area (Å²) in [6.07, 6.45) is 1.95. The third-order valence-corrected chi connectivity index (χ3v) is 4.67. The van der Waals surface area contributed by atoms with Crippen LogP contribution in [0.25, 0.3) is 0 Å². The van der Waals surface area contributed by atoms with E-state index in [1.165, 1.54) is 11.1 Å². The first-order valence-electron chi connectivity index (χ1n) is 9.44. The second-order valence-corrected chi connectivity index (χ2v) is 7.09. The van der Waals surface area contributed by atoms with E-state index in [2.05, 4.69) is 29.2 Å². The zero-order valence-corrected chi connectivity index (χ0v) is 15.5. The lowest BCUT2D eigenvalue weighted by Gasteiger charge is -2.27. The first-order chi connectivity index (χ1) is 12.7. The summed E-state index contributed by atoms with van der Waals surface area (Å²) in [5.41, 5.74) is 2.45. The van der Waals surface area contributed by atoms with E-state index in [4.69, 9.17) is 9.47 Å². The van der Waals surface area contributed by atoms with Crippen LogP contribution in [-0.4, -0.2) is 48.5 Å². The van der Waals surface area contributed by atoms with Crippen LogP contribution < -0.4 is 4.74 Å². The van der Waals surface area contributed by atoms with Crippen LogP contribution in [0.5, 0.6) is 5.75 Å². The zero-order chi connectivity index (χ0) is 18.2. The smallest absolute Gasteiger partial charge is 0.119 e. The summed E-state index contributed by atoms with van der Waals surface area (Å²) in [6, 6.07) is 18.3. The summed E-state index contributed by atoms with van der Waals surface area (Å²) in [7, 11) is 0. The molecule has 2 aromatic carbocycles. The molecule has 1 saturated heterocycles. The fourth-order valence-corrected chi connectivity index (χ4v) is 3.30. The van der Waals surface area contributed by atoms with Crippen molar-refractivity contribution < 1.29 is 14.6 Å². The molecule has 0 spiro atoms. The second-order valence-electron chi connectivity index (χ2n) is 7.09. The first kappa shape index (κ1) is 18.9. The van der Waals surface area contributed by atoms with Gasteiger partial charge < -0.3 is 14.6 Å². The number of hydrogen-bond donors (Lipinski definition) is 1. The monoisotopic (exact) mass is 355 g/mol. The second kappa shape index (κ2) is 9.72. The highest BCUT2D eigenvalue weighted by Gasteiger charge is 2.21. The average molecular weight is 355 g/mol. The predicted molar refractivity (Wildman–Crippen MR) is 103 cm³/mol. The van der Waals surface area contributed by atoms with Crippen LogP contribution in [0, 0.1) is 6.92 Å². The number of rotatable bonds is 9. The molecule has 1 aliphatic heterocycles. The first-order valence-corrected chi connectivity index (χ1v) is 9.44. The van der Waals surface area contributed by atoms with Gasteiger partial charge in [0.1, 0.15) is 18.5 Å². The van der Waals surface area contributed by atoms with Crippen molar-refractivity contribution in [2.24, 2.45) is 0 Å². The highest BCUT2D eigenvalue weighted by atomic mass is 16.5. The maximum atomic E-state index is 10.5. The van der Waals surface area contributed by atoms with Crippen LogP contribution in [0.15, 0.2) is 54.6 Å². The average Bonchev–Trinajstić information content (AvgIpc) is 3.15. The highest BCUT2D eigenvalue weighted by molar-refractivity contribution is 5.26. The minimum Gasteiger partial charge on any atom is -0.491 e. The molecular weight excluding hydrogens is 326 g/mol. The van der Waals surface area contributed by atoms with Crippen molar-refractivity contribution in [3.8, 4) is 5.75 Å². The predicted octanol–water partition coefficient (Wildman–Crippen LogP) is 3.42. The normalized spacial score (nSPS) is 18.2. The fraction of sp³-hybridized carbons (Fsp3) is 0.455. The van der Waals surface area contributed by atoms with Crippen molar-refractivity contribution in [3.05, 3.63) is 65.7 Å². The molecule has 0 bridgehead atoms. The number of aryl methyl sites for hydroxylation is 1. The molecule has 3 rings (SSSR count). The number of benzene rings is 2. The molecule has 2 atom stereocenters. The third-order valence-electron chi connectivity index (χ3n) is 4.67. The van der Waals surface area contributed by atoms with E-state index in [0.29, 0.717) is 13.2 Å². The lowest BCUT2D eigenvalue weighted by atomic mass is 10.1. The molecule has 2 unspecified atom stereocenters. The van der Waals surface area contributed by atoms with Crippen molar-refractivity contribution in [2.75, 3.05) is 26.3 Å². The highest BCUT2D eigenvalue weighted by Crippen LogP contribution is 2.16. The molecular formula is C22H29NO3. The minimum atomic E-state index is -0.540. The van der Waals surface area contributed by atoms with Crippen LogP contribution in [0.2, 0.25) is 0 Å². The molecule has 26 heavy (non-hydrogen) atoms. The molecule has 0 saturated carbocycles. The van der Waals surface area contributed by atoms with Gasteiger partial charge in [-0.05, 0) is 37.5 Å². The Morgan fingerprint density at radius 2 is 1.92 bits per heavy atom. The van der Waals surface area contributed by atoms with Crippen molar-refractivity contribution >= 4 is 0 Å². The van der Waals surface area contributed by atoms with E-state index < -0.39 is 6.10 Å². The Bertz CT molecular complexity index is 638. The molecule has 0 aromatic heterocycles. The van der Waals surface area contributed by atoms with Crippen molar-refractivity contribution in [1.82, 2.24) is 4.90 Å². The quantitative estimate of drug-likeness (QED) is 0.748. The summed E-state index contributed by atoms with van der Waals surface area (Å²) in [6.45, 7) is 5.41. The van der Waals surface area contributed by atoms with E-state index in [9.17, 15) is 5.11 Å². The van der Waals surface area contributed by atoms with Gasteiger partial charge in [0.15, 0.2) is 0 Å². The number of ether oxygens (including phenoxy) is 2. The Hall–Kier alpha value is -1.88. The molecule has 0 aliphatic carbocycles. The van der Waals surface area contributed by atoms with E-state index in [-0.39, 0.29) is 6.10 Å². The summed E-state index contributed by atoms with van der Waals surface area (Å²) in [4.78, 5) is 2.27. The Balaban J connectivity index is 1.53. The molecule has 1 heterocycles. The van der Waals surface area contributed by atoms with Crippen LogP contribution in [-0.2, 0) is 11.3 Å². The van der Waals surface area contributed by atoms with Gasteiger partial charge in [-0.3, -0.25) is 4.90 Å². The largest absolute Gasteiger partial charge is 0.491 e. The maximum absolute atomic E-state index is 10.5. The topological polar surface area (TPSA) is 41.9 Å². The van der Waals surface area contributed by atoms with Gasteiger partial charge in [0.05, 0.1) is 6.10 Å². The standard InChI is InChI=1S/C22H29NO3/c1-18-9-11-21(12-10-18)26-17-20(24)15-23(16-22-8-5-13-25-22)14-19-6-3-2-4-7-19/h2-4,6-7,9-12,20,22,24H,5,8,13-17H2,1H3. The van der Waals surface area contributed by atoms with Crippen molar-refractivity contribution in [1.29, 1.82) is 0 Å². The summed E-state index contributed by atoms with van der Waals surface area (Å²) in [5, 5.41) is 10.5. The van der Waals surface area contributed by atoms with E-state index >= 15 is 0 Å².